The van der Waals surface area contributed by atoms with E-state index in [-0.39, 0.29) is 4.90 Å². The fourth-order valence-electron chi connectivity index (χ4n) is 4.09. The summed E-state index contributed by atoms with van der Waals surface area (Å²) in [6, 6.07) is 36.3. The molecule has 5 aromatic rings. The first-order valence-electron chi connectivity index (χ1n) is 12.6. The number of ether oxygens (including phenoxy) is 1. The van der Waals surface area contributed by atoms with Crippen LogP contribution in [0.1, 0.15) is 21.5 Å². The highest BCUT2D eigenvalue weighted by Gasteiger charge is 2.21. The predicted octanol–water partition coefficient (Wildman–Crippen LogP) is 6.01. The van der Waals surface area contributed by atoms with E-state index in [2.05, 4.69) is 40.9 Å². The number of fused-ring (bicyclic) bond motifs is 1. The number of carbonyl (C=O) groups excluding carboxylic acids is 1. The molecule has 0 unspecified atom stereocenters. The Balaban J connectivity index is 1.14. The van der Waals surface area contributed by atoms with Crippen LogP contribution in [0.25, 0.3) is 10.8 Å². The summed E-state index contributed by atoms with van der Waals surface area (Å²) < 4.78 is 32.7. The van der Waals surface area contributed by atoms with Crippen molar-refractivity contribution in [2.24, 2.45) is 5.10 Å². The van der Waals surface area contributed by atoms with Crippen molar-refractivity contribution in [2.45, 2.75) is 11.5 Å². The van der Waals surface area contributed by atoms with E-state index in [9.17, 15) is 13.2 Å². The maximum Gasteiger partial charge on any atom is 0.271 e. The Labute approximate surface area is 233 Å². The average Bonchev–Trinajstić information content (AvgIpc) is 3.00. The van der Waals surface area contributed by atoms with Gasteiger partial charge >= 0.3 is 0 Å². The van der Waals surface area contributed by atoms with E-state index in [1.165, 1.54) is 22.1 Å². The van der Waals surface area contributed by atoms with Crippen LogP contribution in [0.3, 0.4) is 0 Å². The Kier molecular flexibility index (Phi) is 7.89. The van der Waals surface area contributed by atoms with Gasteiger partial charge < -0.3 is 4.74 Å². The summed E-state index contributed by atoms with van der Waals surface area (Å²) in [5.74, 6) is 0.320. The van der Waals surface area contributed by atoms with E-state index in [0.29, 0.717) is 17.9 Å². The highest BCUT2D eigenvalue weighted by molar-refractivity contribution is 7.92. The fraction of sp³-hybridized carbons (Fsp3) is 0.0625. The summed E-state index contributed by atoms with van der Waals surface area (Å²) in [6.45, 7) is 0.459. The molecule has 0 saturated carbocycles. The number of rotatable bonds is 9. The van der Waals surface area contributed by atoms with Crippen molar-refractivity contribution in [2.75, 3.05) is 11.4 Å². The van der Waals surface area contributed by atoms with Gasteiger partial charge in [-0.2, -0.15) is 5.10 Å². The number of benzene rings is 5. The van der Waals surface area contributed by atoms with Gasteiger partial charge in [-0.1, -0.05) is 54.6 Å². The van der Waals surface area contributed by atoms with Crippen molar-refractivity contribution in [3.63, 3.8) is 0 Å². The molecule has 7 nitrogen and oxygen atoms in total. The lowest BCUT2D eigenvalue weighted by atomic mass is 10.1. The molecule has 5 rings (SSSR count). The van der Waals surface area contributed by atoms with E-state index < -0.39 is 15.9 Å². The lowest BCUT2D eigenvalue weighted by Gasteiger charge is -2.19. The molecule has 0 heterocycles. The van der Waals surface area contributed by atoms with Crippen LogP contribution in [0, 0.1) is 0 Å². The quantitative estimate of drug-likeness (QED) is 0.180. The molecule has 0 aromatic heterocycles. The van der Waals surface area contributed by atoms with E-state index >= 15 is 0 Å². The molecule has 0 saturated heterocycles. The van der Waals surface area contributed by atoms with Gasteiger partial charge in [0.1, 0.15) is 12.4 Å². The molecule has 0 radical (unpaired) electrons. The van der Waals surface area contributed by atoms with Crippen LogP contribution in [0.2, 0.25) is 0 Å². The summed E-state index contributed by atoms with van der Waals surface area (Å²) in [5, 5.41) is 6.41. The molecule has 200 valence electrons. The normalized spacial score (nSPS) is 11.4. The molecule has 5 aromatic carbocycles. The zero-order valence-electron chi connectivity index (χ0n) is 21.8. The first-order chi connectivity index (χ1) is 19.4. The summed E-state index contributed by atoms with van der Waals surface area (Å²) in [7, 11) is -2.23. The van der Waals surface area contributed by atoms with Gasteiger partial charge in [-0.15, -0.1) is 0 Å². The second kappa shape index (κ2) is 11.8. The summed E-state index contributed by atoms with van der Waals surface area (Å²) in [6.07, 6.45) is 1.54. The number of anilines is 1. The number of hydrazone groups is 1. The van der Waals surface area contributed by atoms with Crippen LogP contribution >= 0.6 is 0 Å². The molecule has 0 aliphatic heterocycles. The van der Waals surface area contributed by atoms with Gasteiger partial charge in [-0.05, 0) is 88.6 Å². The van der Waals surface area contributed by atoms with Gasteiger partial charge in [0, 0.05) is 12.6 Å². The van der Waals surface area contributed by atoms with E-state index in [4.69, 9.17) is 4.74 Å². The van der Waals surface area contributed by atoms with E-state index in [1.54, 1.807) is 60.8 Å². The highest BCUT2D eigenvalue weighted by Crippen LogP contribution is 2.22. The number of amides is 1. The Bertz CT molecular complexity index is 1750. The number of carbonyl (C=O) groups is 1. The van der Waals surface area contributed by atoms with Gasteiger partial charge in [0.15, 0.2) is 0 Å². The Morgan fingerprint density at radius 1 is 0.825 bits per heavy atom. The molecule has 8 heteroatoms. The Morgan fingerprint density at radius 2 is 1.50 bits per heavy atom. The SMILES string of the molecule is CN(c1ccc(C(=O)N/N=C/c2ccc(OCc3ccc4ccccc4c3)cc2)cc1)S(=O)(=O)c1ccccc1. The number of hydrogen-bond donors (Lipinski definition) is 1. The zero-order valence-corrected chi connectivity index (χ0v) is 22.6. The molecule has 1 N–H and O–H groups in total. The lowest BCUT2D eigenvalue weighted by Crippen LogP contribution is -2.26. The maximum atomic E-state index is 12.8. The third kappa shape index (κ3) is 6.19. The van der Waals surface area contributed by atoms with Gasteiger partial charge in [0.2, 0.25) is 0 Å². The van der Waals surface area contributed by atoms with E-state index in [1.807, 2.05) is 36.4 Å². The molecule has 0 aliphatic carbocycles. The molecule has 1 amide bonds. The third-order valence-corrected chi connectivity index (χ3v) is 8.17. The standard InChI is InChI=1S/C32H27N3O4S/c1-35(40(37,38)31-9-3-2-4-10-31)29-17-15-27(16-18-29)32(36)34-33-22-24-12-19-30(20-13-24)39-23-25-11-14-26-7-5-6-8-28(26)21-25/h2-22H,23H2,1H3,(H,34,36)/b33-22+. The second-order valence-corrected chi connectivity index (χ2v) is 11.0. The number of nitrogens with one attached hydrogen (secondary N) is 1. The van der Waals surface area contributed by atoms with Crippen LogP contribution in [0.15, 0.2) is 131 Å². The van der Waals surface area contributed by atoms with Crippen molar-refractivity contribution in [1.29, 1.82) is 0 Å². The van der Waals surface area contributed by atoms with E-state index in [0.717, 1.165) is 16.9 Å². The lowest BCUT2D eigenvalue weighted by molar-refractivity contribution is 0.0955. The monoisotopic (exact) mass is 549 g/mol. The van der Waals surface area contributed by atoms with Gasteiger partial charge in [0.25, 0.3) is 15.9 Å². The van der Waals surface area contributed by atoms with Crippen molar-refractivity contribution >= 4 is 38.6 Å². The van der Waals surface area contributed by atoms with Gasteiger partial charge in [0.05, 0.1) is 16.8 Å². The summed E-state index contributed by atoms with van der Waals surface area (Å²) in [4.78, 5) is 12.7. The number of hydrogen-bond acceptors (Lipinski definition) is 5. The van der Waals surface area contributed by atoms with Crippen LogP contribution in [0.4, 0.5) is 5.69 Å². The first-order valence-corrected chi connectivity index (χ1v) is 14.0. The molecule has 0 atom stereocenters. The second-order valence-electron chi connectivity index (χ2n) is 9.07. The van der Waals surface area contributed by atoms with Crippen molar-refractivity contribution < 1.29 is 17.9 Å². The molecular weight excluding hydrogens is 522 g/mol. The van der Waals surface area contributed by atoms with Crippen molar-refractivity contribution in [1.82, 2.24) is 5.43 Å². The predicted molar refractivity (Wildman–Crippen MR) is 158 cm³/mol. The molecular formula is C32H27N3O4S. The van der Waals surface area contributed by atoms with Crippen LogP contribution < -0.4 is 14.5 Å². The zero-order chi connectivity index (χ0) is 28.0. The van der Waals surface area contributed by atoms with Crippen LogP contribution in [-0.2, 0) is 16.6 Å². The largest absolute Gasteiger partial charge is 0.489 e. The first kappa shape index (κ1) is 26.6. The molecule has 0 fully saturated rings. The average molecular weight is 550 g/mol. The summed E-state index contributed by atoms with van der Waals surface area (Å²) in [5.41, 5.74) is 5.16. The minimum Gasteiger partial charge on any atom is -0.489 e. The Morgan fingerprint density at radius 3 is 2.23 bits per heavy atom. The third-order valence-electron chi connectivity index (χ3n) is 6.37. The molecule has 0 spiro atoms. The molecule has 0 bridgehead atoms. The highest BCUT2D eigenvalue weighted by atomic mass is 32.2. The maximum absolute atomic E-state index is 12.8. The van der Waals surface area contributed by atoms with Crippen molar-refractivity contribution in [3.05, 3.63) is 138 Å². The van der Waals surface area contributed by atoms with Crippen molar-refractivity contribution in [3.8, 4) is 5.75 Å². The summed E-state index contributed by atoms with van der Waals surface area (Å²) >= 11 is 0. The number of sulfonamides is 1. The number of nitrogens with zero attached hydrogens (tertiary/aromatic N) is 2. The minimum atomic E-state index is -3.70. The van der Waals surface area contributed by atoms with Crippen LogP contribution in [0.5, 0.6) is 5.75 Å². The minimum absolute atomic E-state index is 0.193. The Hall–Kier alpha value is -4.95. The van der Waals surface area contributed by atoms with Crippen LogP contribution in [-0.4, -0.2) is 27.6 Å². The topological polar surface area (TPSA) is 88.1 Å². The van der Waals surface area contributed by atoms with Gasteiger partial charge in [-0.25, -0.2) is 13.8 Å². The smallest absolute Gasteiger partial charge is 0.271 e. The van der Waals surface area contributed by atoms with Gasteiger partial charge in [-0.3, -0.25) is 9.10 Å². The molecule has 40 heavy (non-hydrogen) atoms. The molecule has 0 aliphatic rings. The fourth-order valence-corrected chi connectivity index (χ4v) is 5.30.